The molecule has 0 saturated carbocycles. The Hall–Kier alpha value is -1.21. The number of aromatic nitrogens is 2. The molecule has 0 radical (unpaired) electrons. The molecule has 1 unspecified atom stereocenters. The third-order valence-electron chi connectivity index (χ3n) is 3.83. The molecule has 0 spiro atoms. The third kappa shape index (κ3) is 4.64. The molecule has 2 N–H and O–H groups in total. The number of anilines is 1. The maximum absolute atomic E-state index is 12.1. The van der Waals surface area contributed by atoms with Crippen molar-refractivity contribution in [1.29, 1.82) is 0 Å². The number of hydrogen-bond acceptors (Lipinski definition) is 5. The Balaban J connectivity index is 1.79. The van der Waals surface area contributed by atoms with E-state index in [-0.39, 0.29) is 12.1 Å². The lowest BCUT2D eigenvalue weighted by atomic mass is 9.87. The number of rotatable bonds is 4. The maximum Gasteiger partial charge on any atom is 0.323 e. The van der Waals surface area contributed by atoms with E-state index in [4.69, 9.17) is 0 Å². The lowest BCUT2D eigenvalue weighted by Gasteiger charge is -2.34. The molecule has 7 heteroatoms. The molecule has 2 rings (SSSR count). The van der Waals surface area contributed by atoms with E-state index < -0.39 is 0 Å². The van der Waals surface area contributed by atoms with Gasteiger partial charge < -0.3 is 10.0 Å². The Morgan fingerprint density at radius 1 is 1.48 bits per heavy atom. The second-order valence-corrected chi connectivity index (χ2v) is 6.85. The zero-order chi connectivity index (χ0) is 15.4. The Bertz CT molecular complexity index is 469. The van der Waals surface area contributed by atoms with Gasteiger partial charge in [-0.05, 0) is 38.0 Å². The summed E-state index contributed by atoms with van der Waals surface area (Å²) in [6.07, 6.45) is 2.30. The van der Waals surface area contributed by atoms with Crippen LogP contribution >= 0.6 is 11.5 Å². The minimum atomic E-state index is -0.249. The lowest BCUT2D eigenvalue weighted by molar-refractivity contribution is 0.0534. The van der Waals surface area contributed by atoms with Gasteiger partial charge in [-0.15, -0.1) is 0 Å². The van der Waals surface area contributed by atoms with Crippen LogP contribution in [-0.4, -0.2) is 44.6 Å². The Morgan fingerprint density at radius 3 is 2.67 bits per heavy atom. The second kappa shape index (κ2) is 7.17. The first-order chi connectivity index (χ1) is 9.95. The van der Waals surface area contributed by atoms with Gasteiger partial charge in [0.25, 0.3) is 0 Å². The highest BCUT2D eigenvalue weighted by Gasteiger charge is 2.28. The van der Waals surface area contributed by atoms with Crippen LogP contribution in [0.25, 0.3) is 0 Å². The van der Waals surface area contributed by atoms with Gasteiger partial charge >= 0.3 is 6.03 Å². The smallest absolute Gasteiger partial charge is 0.323 e. The van der Waals surface area contributed by atoms with E-state index in [1.165, 1.54) is 11.5 Å². The van der Waals surface area contributed by atoms with Crippen LogP contribution in [-0.2, 0) is 0 Å². The monoisotopic (exact) mass is 312 g/mol. The topological polar surface area (TPSA) is 78.4 Å². The number of aliphatic hydroxyl groups excluding tert-OH is 1. The molecule has 2 amide bonds. The van der Waals surface area contributed by atoms with Crippen LogP contribution in [0.15, 0.2) is 0 Å². The number of carbonyl (C=O) groups excluding carboxylic acids is 1. The number of urea groups is 1. The Kier molecular flexibility index (Phi) is 5.52. The van der Waals surface area contributed by atoms with Gasteiger partial charge in [0.2, 0.25) is 5.13 Å². The zero-order valence-electron chi connectivity index (χ0n) is 12.9. The molecule has 1 atom stereocenters. The SMILES string of the molecule is Cc1nsc(NC(=O)N2CCC(C(O)CC(C)C)CC2)n1. The molecule has 1 fully saturated rings. The number of hydrogen-bond donors (Lipinski definition) is 2. The van der Waals surface area contributed by atoms with Crippen LogP contribution < -0.4 is 5.32 Å². The van der Waals surface area contributed by atoms with Crippen LogP contribution in [0.1, 0.15) is 38.9 Å². The minimum absolute atomic E-state index is 0.122. The molecule has 2 heterocycles. The number of aliphatic hydroxyl groups is 1. The first-order valence-corrected chi connectivity index (χ1v) is 8.27. The minimum Gasteiger partial charge on any atom is -0.393 e. The average Bonchev–Trinajstić information content (AvgIpc) is 2.83. The van der Waals surface area contributed by atoms with Gasteiger partial charge in [0.1, 0.15) is 5.82 Å². The van der Waals surface area contributed by atoms with Crippen molar-refractivity contribution in [2.75, 3.05) is 18.4 Å². The third-order valence-corrected chi connectivity index (χ3v) is 4.55. The van der Waals surface area contributed by atoms with Crippen molar-refractivity contribution in [2.24, 2.45) is 11.8 Å². The lowest BCUT2D eigenvalue weighted by Crippen LogP contribution is -2.43. The fourth-order valence-corrected chi connectivity index (χ4v) is 3.25. The van der Waals surface area contributed by atoms with E-state index in [1.807, 2.05) is 0 Å². The molecule has 1 aliphatic heterocycles. The van der Waals surface area contributed by atoms with E-state index in [9.17, 15) is 9.90 Å². The number of nitrogens with one attached hydrogen (secondary N) is 1. The Morgan fingerprint density at radius 2 is 2.14 bits per heavy atom. The summed E-state index contributed by atoms with van der Waals surface area (Å²) in [5, 5.41) is 13.5. The van der Waals surface area contributed by atoms with Crippen molar-refractivity contribution in [2.45, 2.75) is 46.1 Å². The summed E-state index contributed by atoms with van der Waals surface area (Å²) in [6, 6.07) is -0.122. The molecular weight excluding hydrogens is 288 g/mol. The van der Waals surface area contributed by atoms with Crippen LogP contribution in [0.3, 0.4) is 0 Å². The van der Waals surface area contributed by atoms with Gasteiger partial charge in [-0.2, -0.15) is 4.37 Å². The normalized spacial score (nSPS) is 18.0. The van der Waals surface area contributed by atoms with Gasteiger partial charge in [-0.1, -0.05) is 13.8 Å². The fourth-order valence-electron chi connectivity index (χ4n) is 2.68. The van der Waals surface area contributed by atoms with Crippen molar-refractivity contribution >= 4 is 22.7 Å². The van der Waals surface area contributed by atoms with E-state index in [1.54, 1.807) is 11.8 Å². The number of carbonyl (C=O) groups is 1. The van der Waals surface area contributed by atoms with Crippen molar-refractivity contribution < 1.29 is 9.90 Å². The molecule has 6 nitrogen and oxygen atoms in total. The standard InChI is InChI=1S/C14H24N4O2S/c1-9(2)8-12(19)11-4-6-18(7-5-11)14(20)16-13-15-10(3)17-21-13/h9,11-12,19H,4-8H2,1-3H3,(H,15,16,17,20). The van der Waals surface area contributed by atoms with Gasteiger partial charge in [-0.25, -0.2) is 9.78 Å². The van der Waals surface area contributed by atoms with E-state index >= 15 is 0 Å². The first kappa shape index (κ1) is 16.2. The maximum atomic E-state index is 12.1. The van der Waals surface area contributed by atoms with Gasteiger partial charge in [-0.3, -0.25) is 5.32 Å². The predicted octanol–water partition coefficient (Wildman–Crippen LogP) is 2.50. The number of likely N-dealkylation sites (tertiary alicyclic amines) is 1. The number of piperidine rings is 1. The molecular formula is C14H24N4O2S. The predicted molar refractivity (Wildman–Crippen MR) is 83.4 cm³/mol. The molecule has 1 aliphatic rings. The highest BCUT2D eigenvalue weighted by Crippen LogP contribution is 2.25. The molecule has 1 aromatic rings. The van der Waals surface area contributed by atoms with Gasteiger partial charge in [0.15, 0.2) is 0 Å². The quantitative estimate of drug-likeness (QED) is 0.895. The van der Waals surface area contributed by atoms with Crippen molar-refractivity contribution in [1.82, 2.24) is 14.3 Å². The van der Waals surface area contributed by atoms with Crippen LogP contribution in [0.2, 0.25) is 0 Å². The Labute approximate surface area is 129 Å². The molecule has 1 aromatic heterocycles. The summed E-state index contributed by atoms with van der Waals surface area (Å²) in [5.41, 5.74) is 0. The summed E-state index contributed by atoms with van der Waals surface area (Å²) in [7, 11) is 0. The number of nitrogens with zero attached hydrogens (tertiary/aromatic N) is 3. The summed E-state index contributed by atoms with van der Waals surface area (Å²) < 4.78 is 4.04. The van der Waals surface area contributed by atoms with E-state index in [0.29, 0.717) is 35.9 Å². The first-order valence-electron chi connectivity index (χ1n) is 7.50. The molecule has 0 aromatic carbocycles. The van der Waals surface area contributed by atoms with Gasteiger partial charge in [0.05, 0.1) is 6.10 Å². The van der Waals surface area contributed by atoms with E-state index in [0.717, 1.165) is 19.3 Å². The van der Waals surface area contributed by atoms with E-state index in [2.05, 4.69) is 28.5 Å². The van der Waals surface area contributed by atoms with Crippen molar-refractivity contribution in [3.8, 4) is 0 Å². The summed E-state index contributed by atoms with van der Waals surface area (Å²) in [4.78, 5) is 18.0. The van der Waals surface area contributed by atoms with Crippen molar-refractivity contribution in [3.63, 3.8) is 0 Å². The summed E-state index contributed by atoms with van der Waals surface area (Å²) in [6.45, 7) is 7.41. The molecule has 0 bridgehead atoms. The van der Waals surface area contributed by atoms with Crippen molar-refractivity contribution in [3.05, 3.63) is 5.82 Å². The summed E-state index contributed by atoms with van der Waals surface area (Å²) in [5.74, 6) is 1.48. The van der Waals surface area contributed by atoms with Crippen LogP contribution in [0.5, 0.6) is 0 Å². The molecule has 1 saturated heterocycles. The number of aryl methyl sites for hydroxylation is 1. The largest absolute Gasteiger partial charge is 0.393 e. The second-order valence-electron chi connectivity index (χ2n) is 6.10. The molecule has 0 aliphatic carbocycles. The zero-order valence-corrected chi connectivity index (χ0v) is 13.7. The molecule has 21 heavy (non-hydrogen) atoms. The van der Waals surface area contributed by atoms with Gasteiger partial charge in [0, 0.05) is 24.6 Å². The fraction of sp³-hybridized carbons (Fsp3) is 0.786. The van der Waals surface area contributed by atoms with Crippen LogP contribution in [0.4, 0.5) is 9.93 Å². The number of amides is 2. The summed E-state index contributed by atoms with van der Waals surface area (Å²) >= 11 is 1.19. The van der Waals surface area contributed by atoms with Crippen LogP contribution in [0, 0.1) is 18.8 Å². The average molecular weight is 312 g/mol. The molecule has 118 valence electrons. The highest BCUT2D eigenvalue weighted by atomic mass is 32.1. The highest BCUT2D eigenvalue weighted by molar-refractivity contribution is 7.09.